The second-order valence-electron chi connectivity index (χ2n) is 6.00. The summed E-state index contributed by atoms with van der Waals surface area (Å²) in [6.45, 7) is 4.49. The molecule has 0 spiro atoms. The molecule has 0 atom stereocenters. The average Bonchev–Trinajstić information content (AvgIpc) is 3.09. The minimum Gasteiger partial charge on any atom is -0.311 e. The van der Waals surface area contributed by atoms with Gasteiger partial charge in [-0.05, 0) is 31.5 Å². The van der Waals surface area contributed by atoms with E-state index in [0.29, 0.717) is 18.8 Å². The molecule has 0 aliphatic rings. The Balaban J connectivity index is 1.70. The fourth-order valence-corrected chi connectivity index (χ4v) is 3.01. The van der Waals surface area contributed by atoms with Crippen molar-refractivity contribution in [2.45, 2.75) is 26.8 Å². The zero-order valence-electron chi connectivity index (χ0n) is 14.5. The van der Waals surface area contributed by atoms with E-state index in [-0.39, 0.29) is 5.91 Å². The van der Waals surface area contributed by atoms with E-state index in [1.807, 2.05) is 45.2 Å². The average molecular weight is 402 g/mol. The third-order valence-corrected chi connectivity index (χ3v) is 4.75. The summed E-state index contributed by atoms with van der Waals surface area (Å²) in [6.07, 6.45) is 1.99. The van der Waals surface area contributed by atoms with E-state index in [1.165, 1.54) is 0 Å². The Morgan fingerprint density at radius 3 is 2.56 bits per heavy atom. The van der Waals surface area contributed by atoms with Crippen LogP contribution in [0.15, 0.2) is 41.0 Å². The molecule has 0 radical (unpaired) electrons. The number of anilines is 1. The number of nitrogens with one attached hydrogen (secondary N) is 1. The Kier molecular flexibility index (Phi) is 5.03. The van der Waals surface area contributed by atoms with Crippen LogP contribution in [0, 0.1) is 13.8 Å². The Hall–Kier alpha value is -2.41. The summed E-state index contributed by atoms with van der Waals surface area (Å²) in [4.78, 5) is 12.4. The fourth-order valence-electron chi connectivity index (χ4n) is 2.75. The quantitative estimate of drug-likeness (QED) is 0.713. The molecule has 2 heterocycles. The molecule has 1 amide bonds. The molecular weight excluding hydrogens is 382 g/mol. The normalized spacial score (nSPS) is 10.9. The summed E-state index contributed by atoms with van der Waals surface area (Å²) in [5.41, 5.74) is 3.98. The largest absolute Gasteiger partial charge is 0.311 e. The van der Waals surface area contributed by atoms with Crippen LogP contribution < -0.4 is 5.32 Å². The van der Waals surface area contributed by atoms with Gasteiger partial charge in [0.1, 0.15) is 5.82 Å². The van der Waals surface area contributed by atoms with E-state index in [0.717, 1.165) is 27.0 Å². The van der Waals surface area contributed by atoms with E-state index in [1.54, 1.807) is 21.6 Å². The zero-order chi connectivity index (χ0) is 18.0. The van der Waals surface area contributed by atoms with Crippen molar-refractivity contribution in [1.29, 1.82) is 0 Å². The molecule has 1 N–H and O–H groups in total. The predicted molar refractivity (Wildman–Crippen MR) is 100 cm³/mol. The van der Waals surface area contributed by atoms with Crippen molar-refractivity contribution in [2.24, 2.45) is 7.05 Å². The van der Waals surface area contributed by atoms with Crippen molar-refractivity contribution < 1.29 is 4.79 Å². The first kappa shape index (κ1) is 17.4. The van der Waals surface area contributed by atoms with E-state index >= 15 is 0 Å². The molecular formula is C18H20BrN5O. The first-order valence-electron chi connectivity index (χ1n) is 7.99. The van der Waals surface area contributed by atoms with Crippen molar-refractivity contribution in [3.63, 3.8) is 0 Å². The Bertz CT molecular complexity index is 895. The number of aryl methyl sites for hydroxylation is 2. The smallest absolute Gasteiger partial charge is 0.230 e. The van der Waals surface area contributed by atoms with Gasteiger partial charge in [-0.25, -0.2) is 4.68 Å². The van der Waals surface area contributed by atoms with Gasteiger partial charge in [-0.15, -0.1) is 0 Å². The molecule has 2 aromatic heterocycles. The summed E-state index contributed by atoms with van der Waals surface area (Å²) in [5, 5.41) is 11.6. The predicted octanol–water partition coefficient (Wildman–Crippen LogP) is 3.23. The van der Waals surface area contributed by atoms with Gasteiger partial charge in [0, 0.05) is 28.8 Å². The fraction of sp³-hybridized carbons (Fsp3) is 0.278. The summed E-state index contributed by atoms with van der Waals surface area (Å²) >= 11 is 3.43. The number of carbonyl (C=O) groups excluding carboxylic acids is 1. The van der Waals surface area contributed by atoms with Gasteiger partial charge in [0.05, 0.1) is 24.9 Å². The topological polar surface area (TPSA) is 64.7 Å². The van der Waals surface area contributed by atoms with E-state index in [2.05, 4.69) is 31.4 Å². The molecule has 3 aromatic rings. The molecule has 0 aliphatic heterocycles. The summed E-state index contributed by atoms with van der Waals surface area (Å²) < 4.78 is 4.62. The number of rotatable bonds is 5. The molecule has 0 unspecified atom stereocenters. The number of aromatic nitrogens is 4. The minimum absolute atomic E-state index is 0.0724. The van der Waals surface area contributed by atoms with E-state index in [9.17, 15) is 4.79 Å². The van der Waals surface area contributed by atoms with Crippen molar-refractivity contribution in [3.05, 3.63) is 63.5 Å². The van der Waals surface area contributed by atoms with Crippen molar-refractivity contribution in [1.82, 2.24) is 19.6 Å². The van der Waals surface area contributed by atoms with Crippen LogP contribution in [0.25, 0.3) is 0 Å². The van der Waals surface area contributed by atoms with Gasteiger partial charge in [0.2, 0.25) is 5.91 Å². The third-order valence-electron chi connectivity index (χ3n) is 4.23. The maximum absolute atomic E-state index is 12.4. The van der Waals surface area contributed by atoms with Crippen LogP contribution in [0.4, 0.5) is 5.82 Å². The minimum atomic E-state index is -0.0724. The number of hydrogen-bond acceptors (Lipinski definition) is 3. The van der Waals surface area contributed by atoms with Gasteiger partial charge >= 0.3 is 0 Å². The number of halogens is 1. The van der Waals surface area contributed by atoms with Crippen molar-refractivity contribution >= 4 is 27.7 Å². The van der Waals surface area contributed by atoms with Crippen LogP contribution in [0.1, 0.15) is 22.5 Å². The first-order chi connectivity index (χ1) is 11.9. The number of amides is 1. The summed E-state index contributed by atoms with van der Waals surface area (Å²) in [7, 11) is 1.89. The third kappa shape index (κ3) is 3.99. The van der Waals surface area contributed by atoms with Gasteiger partial charge in [-0.1, -0.05) is 28.1 Å². The van der Waals surface area contributed by atoms with Gasteiger partial charge in [0.15, 0.2) is 0 Å². The Labute approximate surface area is 155 Å². The SMILES string of the molecule is Cc1nn(C)c(C)c1CC(=O)Nc1ccnn1Cc1ccc(Br)cc1. The van der Waals surface area contributed by atoms with Gasteiger partial charge in [0.25, 0.3) is 0 Å². The number of hydrogen-bond donors (Lipinski definition) is 1. The Morgan fingerprint density at radius 2 is 1.92 bits per heavy atom. The van der Waals surface area contributed by atoms with E-state index in [4.69, 9.17) is 0 Å². The summed E-state index contributed by atoms with van der Waals surface area (Å²) in [6, 6.07) is 9.84. The van der Waals surface area contributed by atoms with Crippen LogP contribution in [0.3, 0.4) is 0 Å². The molecule has 0 aliphatic carbocycles. The lowest BCUT2D eigenvalue weighted by molar-refractivity contribution is -0.115. The molecule has 7 heteroatoms. The zero-order valence-corrected chi connectivity index (χ0v) is 16.0. The maximum atomic E-state index is 12.4. The molecule has 0 saturated carbocycles. The highest BCUT2D eigenvalue weighted by atomic mass is 79.9. The maximum Gasteiger partial charge on any atom is 0.230 e. The standard InChI is InChI=1S/C18H20BrN5O/c1-12-16(13(2)23(3)22-12)10-18(25)21-17-8-9-20-24(17)11-14-4-6-15(19)7-5-14/h4-9H,10-11H2,1-3H3,(H,21,25). The van der Waals surface area contributed by atoms with Crippen LogP contribution in [0.5, 0.6) is 0 Å². The highest BCUT2D eigenvalue weighted by Gasteiger charge is 2.15. The molecule has 25 heavy (non-hydrogen) atoms. The molecule has 6 nitrogen and oxygen atoms in total. The van der Waals surface area contributed by atoms with Gasteiger partial charge < -0.3 is 5.32 Å². The van der Waals surface area contributed by atoms with Gasteiger partial charge in [-0.3, -0.25) is 9.48 Å². The summed E-state index contributed by atoms with van der Waals surface area (Å²) in [5.74, 6) is 0.615. The lowest BCUT2D eigenvalue weighted by Crippen LogP contribution is -2.18. The number of benzene rings is 1. The number of carbonyl (C=O) groups is 1. The molecule has 0 fully saturated rings. The second-order valence-corrected chi connectivity index (χ2v) is 6.91. The van der Waals surface area contributed by atoms with Crippen LogP contribution in [-0.4, -0.2) is 25.5 Å². The second kappa shape index (κ2) is 7.23. The van der Waals surface area contributed by atoms with Gasteiger partial charge in [-0.2, -0.15) is 10.2 Å². The monoisotopic (exact) mass is 401 g/mol. The lowest BCUT2D eigenvalue weighted by atomic mass is 10.1. The highest BCUT2D eigenvalue weighted by Crippen LogP contribution is 2.16. The first-order valence-corrected chi connectivity index (χ1v) is 8.78. The molecule has 1 aromatic carbocycles. The number of nitrogens with zero attached hydrogens (tertiary/aromatic N) is 4. The Morgan fingerprint density at radius 1 is 1.20 bits per heavy atom. The van der Waals surface area contributed by atoms with Crippen molar-refractivity contribution in [2.75, 3.05) is 5.32 Å². The lowest BCUT2D eigenvalue weighted by Gasteiger charge is -2.09. The highest BCUT2D eigenvalue weighted by molar-refractivity contribution is 9.10. The van der Waals surface area contributed by atoms with Crippen LogP contribution >= 0.6 is 15.9 Å². The van der Waals surface area contributed by atoms with Crippen LogP contribution in [-0.2, 0) is 24.8 Å². The molecule has 130 valence electrons. The molecule has 0 bridgehead atoms. The van der Waals surface area contributed by atoms with Crippen molar-refractivity contribution in [3.8, 4) is 0 Å². The molecule has 3 rings (SSSR count). The van der Waals surface area contributed by atoms with Crippen LogP contribution in [0.2, 0.25) is 0 Å². The van der Waals surface area contributed by atoms with E-state index < -0.39 is 0 Å². The molecule has 0 saturated heterocycles.